The minimum Gasteiger partial charge on any atom is -0.423 e. The normalized spacial score (nSPS) is 18.5. The SMILES string of the molecule is O=C(OC1(c2cccc3ccccc23)CCC1)OC1(c2cccc3ccccc23)CCC1. The van der Waals surface area contributed by atoms with E-state index in [0.29, 0.717) is 0 Å². The summed E-state index contributed by atoms with van der Waals surface area (Å²) in [6, 6.07) is 29.1. The van der Waals surface area contributed by atoms with Crippen LogP contribution in [0.5, 0.6) is 0 Å². The Bertz CT molecular complexity index is 1200. The molecule has 0 amide bonds. The summed E-state index contributed by atoms with van der Waals surface area (Å²) in [6.45, 7) is 0. The van der Waals surface area contributed by atoms with E-state index < -0.39 is 17.4 Å². The van der Waals surface area contributed by atoms with E-state index in [1.807, 2.05) is 24.3 Å². The summed E-state index contributed by atoms with van der Waals surface area (Å²) in [4.78, 5) is 13.2. The lowest BCUT2D eigenvalue weighted by Crippen LogP contribution is -2.44. The third-order valence-corrected chi connectivity index (χ3v) is 7.44. The van der Waals surface area contributed by atoms with Crippen molar-refractivity contribution >= 4 is 27.7 Å². The Hall–Kier alpha value is -3.33. The molecule has 3 nitrogen and oxygen atoms in total. The Balaban J connectivity index is 1.32. The molecule has 0 radical (unpaired) electrons. The molecule has 0 spiro atoms. The molecule has 2 aliphatic rings. The van der Waals surface area contributed by atoms with Crippen LogP contribution in [0, 0.1) is 0 Å². The van der Waals surface area contributed by atoms with E-state index in [0.717, 1.165) is 60.4 Å². The van der Waals surface area contributed by atoms with Crippen LogP contribution >= 0.6 is 0 Å². The first-order valence-electron chi connectivity index (χ1n) is 11.6. The molecule has 3 heteroatoms. The number of carbonyl (C=O) groups is 1. The predicted octanol–water partition coefficient (Wildman–Crippen LogP) is 7.60. The molecule has 2 saturated carbocycles. The van der Waals surface area contributed by atoms with Gasteiger partial charge < -0.3 is 9.47 Å². The Morgan fingerprint density at radius 1 is 0.562 bits per heavy atom. The number of hydrogen-bond acceptors (Lipinski definition) is 3. The fourth-order valence-electron chi connectivity index (χ4n) is 5.43. The Morgan fingerprint density at radius 2 is 0.969 bits per heavy atom. The summed E-state index contributed by atoms with van der Waals surface area (Å²) in [7, 11) is 0. The lowest BCUT2D eigenvalue weighted by molar-refractivity contribution is -0.134. The highest BCUT2D eigenvalue weighted by molar-refractivity contribution is 5.88. The summed E-state index contributed by atoms with van der Waals surface area (Å²) in [5, 5.41) is 4.63. The van der Waals surface area contributed by atoms with Crippen molar-refractivity contribution in [2.45, 2.75) is 49.7 Å². The highest BCUT2D eigenvalue weighted by Crippen LogP contribution is 2.50. The summed E-state index contributed by atoms with van der Waals surface area (Å²) in [6.07, 6.45) is 4.87. The highest BCUT2D eigenvalue weighted by atomic mass is 16.7. The van der Waals surface area contributed by atoms with Gasteiger partial charge in [0.1, 0.15) is 11.2 Å². The minimum atomic E-state index is -0.596. The lowest BCUT2D eigenvalue weighted by atomic mass is 9.73. The predicted molar refractivity (Wildman–Crippen MR) is 127 cm³/mol. The van der Waals surface area contributed by atoms with Gasteiger partial charge in [-0.1, -0.05) is 84.9 Å². The third kappa shape index (κ3) is 2.99. The molecule has 0 bridgehead atoms. The average molecular weight is 423 g/mol. The molecule has 0 aromatic heterocycles. The zero-order valence-electron chi connectivity index (χ0n) is 18.1. The second-order valence-corrected chi connectivity index (χ2v) is 9.20. The summed E-state index contributed by atoms with van der Waals surface area (Å²) in [5.74, 6) is 0. The lowest BCUT2D eigenvalue weighted by Gasteiger charge is -2.45. The maximum absolute atomic E-state index is 13.2. The molecule has 0 N–H and O–H groups in total. The van der Waals surface area contributed by atoms with E-state index in [-0.39, 0.29) is 0 Å². The molecule has 160 valence electrons. The van der Waals surface area contributed by atoms with Gasteiger partial charge in [-0.2, -0.15) is 0 Å². The van der Waals surface area contributed by atoms with Crippen LogP contribution in [-0.4, -0.2) is 6.16 Å². The van der Waals surface area contributed by atoms with Gasteiger partial charge in [0.25, 0.3) is 0 Å². The van der Waals surface area contributed by atoms with E-state index in [9.17, 15) is 4.79 Å². The van der Waals surface area contributed by atoms with Crippen LogP contribution in [0.25, 0.3) is 21.5 Å². The summed E-state index contributed by atoms with van der Waals surface area (Å²) < 4.78 is 12.3. The van der Waals surface area contributed by atoms with E-state index in [2.05, 4.69) is 60.7 Å². The Kier molecular flexibility index (Phi) is 4.46. The monoisotopic (exact) mass is 422 g/mol. The van der Waals surface area contributed by atoms with Crippen LogP contribution in [0.2, 0.25) is 0 Å². The molecule has 2 fully saturated rings. The maximum Gasteiger partial charge on any atom is 0.510 e. The van der Waals surface area contributed by atoms with E-state index in [1.165, 1.54) is 10.8 Å². The molecular formula is C29H26O3. The van der Waals surface area contributed by atoms with Crippen molar-refractivity contribution in [3.05, 3.63) is 96.1 Å². The summed E-state index contributed by atoms with van der Waals surface area (Å²) in [5.41, 5.74) is 0.988. The molecule has 32 heavy (non-hydrogen) atoms. The largest absolute Gasteiger partial charge is 0.510 e. The molecule has 0 aliphatic heterocycles. The first-order chi connectivity index (χ1) is 15.7. The van der Waals surface area contributed by atoms with Crippen molar-refractivity contribution in [2.24, 2.45) is 0 Å². The van der Waals surface area contributed by atoms with Gasteiger partial charge in [-0.05, 0) is 60.1 Å². The zero-order chi connectivity index (χ0) is 21.6. The maximum atomic E-state index is 13.2. The highest BCUT2D eigenvalue weighted by Gasteiger charge is 2.48. The number of hydrogen-bond donors (Lipinski definition) is 0. The Morgan fingerprint density at radius 3 is 1.38 bits per heavy atom. The third-order valence-electron chi connectivity index (χ3n) is 7.44. The molecular weight excluding hydrogens is 396 g/mol. The molecule has 2 aliphatic carbocycles. The zero-order valence-corrected chi connectivity index (χ0v) is 18.1. The molecule has 0 saturated heterocycles. The molecule has 4 aromatic carbocycles. The second-order valence-electron chi connectivity index (χ2n) is 9.20. The smallest absolute Gasteiger partial charge is 0.423 e. The molecule has 4 aromatic rings. The van der Waals surface area contributed by atoms with Gasteiger partial charge in [0.15, 0.2) is 0 Å². The fourth-order valence-corrected chi connectivity index (χ4v) is 5.43. The number of benzene rings is 4. The number of carbonyl (C=O) groups excluding carboxylic acids is 1. The second kappa shape index (κ2) is 7.37. The van der Waals surface area contributed by atoms with Crippen LogP contribution in [0.4, 0.5) is 4.79 Å². The van der Waals surface area contributed by atoms with E-state index in [4.69, 9.17) is 9.47 Å². The van der Waals surface area contributed by atoms with Crippen molar-refractivity contribution in [1.82, 2.24) is 0 Å². The van der Waals surface area contributed by atoms with E-state index in [1.54, 1.807) is 0 Å². The van der Waals surface area contributed by atoms with Crippen molar-refractivity contribution in [1.29, 1.82) is 0 Å². The van der Waals surface area contributed by atoms with Gasteiger partial charge >= 0.3 is 6.16 Å². The molecule has 0 atom stereocenters. The minimum absolute atomic E-state index is 0.551. The van der Waals surface area contributed by atoms with Crippen molar-refractivity contribution in [3.63, 3.8) is 0 Å². The van der Waals surface area contributed by atoms with Crippen LogP contribution in [0.3, 0.4) is 0 Å². The van der Waals surface area contributed by atoms with Gasteiger partial charge in [0.05, 0.1) is 0 Å². The van der Waals surface area contributed by atoms with Crippen LogP contribution in [0.1, 0.15) is 49.7 Å². The quantitative estimate of drug-likeness (QED) is 0.318. The number of ether oxygens (including phenoxy) is 2. The first kappa shape index (κ1) is 19.4. The number of fused-ring (bicyclic) bond motifs is 2. The average Bonchev–Trinajstić information content (AvgIpc) is 2.78. The first-order valence-corrected chi connectivity index (χ1v) is 11.6. The van der Waals surface area contributed by atoms with Crippen molar-refractivity contribution in [3.8, 4) is 0 Å². The van der Waals surface area contributed by atoms with Gasteiger partial charge in [-0.25, -0.2) is 4.79 Å². The van der Waals surface area contributed by atoms with E-state index >= 15 is 0 Å². The van der Waals surface area contributed by atoms with Crippen LogP contribution < -0.4 is 0 Å². The fraction of sp³-hybridized carbons (Fsp3) is 0.276. The van der Waals surface area contributed by atoms with Gasteiger partial charge in [0, 0.05) is 11.1 Å². The number of rotatable bonds is 4. The van der Waals surface area contributed by atoms with Gasteiger partial charge in [-0.3, -0.25) is 0 Å². The van der Waals surface area contributed by atoms with Crippen molar-refractivity contribution < 1.29 is 14.3 Å². The standard InChI is InChI=1S/C29H26O3/c30-27(31-28(17-7-18-28)25-15-5-11-21-9-1-3-13-23(21)25)32-29(19-8-20-29)26-16-6-12-22-10-2-4-14-24(22)26/h1-6,9-16H,7-8,17-20H2. The molecule has 0 unspecified atom stereocenters. The summed E-state index contributed by atoms with van der Waals surface area (Å²) >= 11 is 0. The molecule has 0 heterocycles. The van der Waals surface area contributed by atoms with Crippen LogP contribution in [0.15, 0.2) is 84.9 Å². The topological polar surface area (TPSA) is 35.5 Å². The van der Waals surface area contributed by atoms with Crippen molar-refractivity contribution in [2.75, 3.05) is 0 Å². The van der Waals surface area contributed by atoms with Gasteiger partial charge in [-0.15, -0.1) is 0 Å². The Labute approximate surface area is 188 Å². The molecule has 6 rings (SSSR count). The van der Waals surface area contributed by atoms with Gasteiger partial charge in [0.2, 0.25) is 0 Å². The van der Waals surface area contributed by atoms with Crippen LogP contribution in [-0.2, 0) is 20.7 Å².